The quantitative estimate of drug-likeness (QED) is 0.848. The highest BCUT2D eigenvalue weighted by molar-refractivity contribution is 6.28. The third kappa shape index (κ3) is 3.68. The van der Waals surface area contributed by atoms with Gasteiger partial charge in [0.05, 0.1) is 0 Å². The molecule has 1 amide bonds. The average Bonchev–Trinajstić information content (AvgIpc) is 2.63. The van der Waals surface area contributed by atoms with Crippen LogP contribution in [0, 0.1) is 0 Å². The second-order valence-corrected chi connectivity index (χ2v) is 4.98. The zero-order valence-corrected chi connectivity index (χ0v) is 11.0. The zero-order chi connectivity index (χ0) is 13.0. The summed E-state index contributed by atoms with van der Waals surface area (Å²) in [5.41, 5.74) is 5.93. The lowest BCUT2D eigenvalue weighted by Crippen LogP contribution is -2.39. The third-order valence-electron chi connectivity index (χ3n) is 3.14. The fraction of sp³-hybridized carbons (Fsp3) is 0.727. The molecule has 1 aliphatic heterocycles. The maximum Gasteiger partial charge on any atom is 0.242 e. The van der Waals surface area contributed by atoms with E-state index in [0.29, 0.717) is 25.2 Å². The smallest absolute Gasteiger partial charge is 0.242 e. The molecule has 1 aromatic heterocycles. The first kappa shape index (κ1) is 13.3. The predicted octanol–water partition coefficient (Wildman–Crippen LogP) is 0.730. The fourth-order valence-corrected chi connectivity index (χ4v) is 2.31. The van der Waals surface area contributed by atoms with Crippen molar-refractivity contribution >= 4 is 17.5 Å². The van der Waals surface area contributed by atoms with Crippen molar-refractivity contribution in [3.05, 3.63) is 11.1 Å². The number of nitrogens with two attached hydrogens (primary N) is 1. The van der Waals surface area contributed by atoms with Gasteiger partial charge in [0.15, 0.2) is 0 Å². The predicted molar refractivity (Wildman–Crippen MR) is 68.1 cm³/mol. The topological polar surface area (TPSA) is 87.9 Å². The van der Waals surface area contributed by atoms with Gasteiger partial charge in [-0.15, -0.1) is 5.10 Å². The van der Waals surface area contributed by atoms with Crippen molar-refractivity contribution in [3.8, 4) is 0 Å². The minimum Gasteiger partial charge on any atom is -0.341 e. The molecule has 7 heteroatoms. The van der Waals surface area contributed by atoms with Crippen LogP contribution < -0.4 is 5.73 Å². The van der Waals surface area contributed by atoms with E-state index in [0.717, 1.165) is 25.8 Å². The highest BCUT2D eigenvalue weighted by Gasteiger charge is 2.19. The molecule has 0 bridgehead atoms. The number of aryl methyl sites for hydroxylation is 1. The highest BCUT2D eigenvalue weighted by atomic mass is 35.5. The number of hydrogen-bond acceptors (Lipinski definition) is 4. The van der Waals surface area contributed by atoms with Crippen LogP contribution in [-0.4, -0.2) is 45.1 Å². The summed E-state index contributed by atoms with van der Waals surface area (Å²) in [6, 6.07) is 0.108. The molecular weight excluding hydrogens is 254 g/mol. The molecule has 3 N–H and O–H groups in total. The summed E-state index contributed by atoms with van der Waals surface area (Å²) in [6.45, 7) is 1.47. The van der Waals surface area contributed by atoms with Gasteiger partial charge >= 0.3 is 0 Å². The largest absolute Gasteiger partial charge is 0.341 e. The van der Waals surface area contributed by atoms with Crippen molar-refractivity contribution < 1.29 is 4.79 Å². The van der Waals surface area contributed by atoms with E-state index in [9.17, 15) is 4.79 Å². The van der Waals surface area contributed by atoms with Crippen LogP contribution >= 0.6 is 11.6 Å². The molecule has 1 aliphatic rings. The second-order valence-electron chi connectivity index (χ2n) is 4.65. The third-order valence-corrected chi connectivity index (χ3v) is 3.31. The summed E-state index contributed by atoms with van der Waals surface area (Å²) in [5.74, 6) is 0.771. The van der Waals surface area contributed by atoms with Crippen molar-refractivity contribution in [2.75, 3.05) is 13.1 Å². The van der Waals surface area contributed by atoms with E-state index in [1.807, 2.05) is 4.90 Å². The summed E-state index contributed by atoms with van der Waals surface area (Å²) >= 11 is 5.60. The number of rotatable bonds is 3. The molecule has 1 saturated heterocycles. The van der Waals surface area contributed by atoms with Crippen molar-refractivity contribution in [2.45, 2.75) is 38.1 Å². The van der Waals surface area contributed by atoms with E-state index in [1.165, 1.54) is 0 Å². The van der Waals surface area contributed by atoms with Crippen LogP contribution in [0.4, 0.5) is 0 Å². The standard InChI is InChI=1S/C11H18ClN5O/c12-11-14-9(15-16-11)4-5-10(18)17-6-2-1-3-8(13)7-17/h8H,1-7,13H2,(H,14,15,16)/t8-/m1/s1. The Morgan fingerprint density at radius 1 is 1.56 bits per heavy atom. The Morgan fingerprint density at radius 2 is 2.39 bits per heavy atom. The van der Waals surface area contributed by atoms with E-state index in [4.69, 9.17) is 17.3 Å². The van der Waals surface area contributed by atoms with Gasteiger partial charge in [0, 0.05) is 32.0 Å². The van der Waals surface area contributed by atoms with Crippen LogP contribution in [0.2, 0.25) is 5.28 Å². The van der Waals surface area contributed by atoms with Gasteiger partial charge in [0.2, 0.25) is 11.2 Å². The molecule has 0 aliphatic carbocycles. The van der Waals surface area contributed by atoms with Crippen molar-refractivity contribution in [1.29, 1.82) is 0 Å². The Kier molecular flexibility index (Phi) is 4.54. The molecule has 2 rings (SSSR count). The molecule has 0 unspecified atom stereocenters. The monoisotopic (exact) mass is 271 g/mol. The number of carbonyl (C=O) groups excluding carboxylic acids is 1. The van der Waals surface area contributed by atoms with E-state index < -0.39 is 0 Å². The van der Waals surface area contributed by atoms with Gasteiger partial charge in [-0.25, -0.2) is 4.98 Å². The molecule has 2 heterocycles. The summed E-state index contributed by atoms with van der Waals surface area (Å²) in [5, 5.41) is 6.60. The molecule has 18 heavy (non-hydrogen) atoms. The first-order chi connectivity index (χ1) is 8.65. The van der Waals surface area contributed by atoms with Crippen LogP contribution in [0.15, 0.2) is 0 Å². The first-order valence-corrected chi connectivity index (χ1v) is 6.63. The first-order valence-electron chi connectivity index (χ1n) is 6.25. The minimum atomic E-state index is 0.108. The maximum absolute atomic E-state index is 12.1. The average molecular weight is 272 g/mol. The van der Waals surface area contributed by atoms with Crippen LogP contribution in [-0.2, 0) is 11.2 Å². The Bertz CT molecular complexity index is 408. The molecular formula is C11H18ClN5O. The number of halogens is 1. The van der Waals surface area contributed by atoms with E-state index in [2.05, 4.69) is 15.2 Å². The van der Waals surface area contributed by atoms with Gasteiger partial charge in [-0.3, -0.25) is 9.89 Å². The molecule has 1 atom stereocenters. The Labute approximate surface area is 111 Å². The number of H-pyrrole nitrogens is 1. The Morgan fingerprint density at radius 3 is 3.11 bits per heavy atom. The maximum atomic E-state index is 12.1. The van der Waals surface area contributed by atoms with E-state index in [-0.39, 0.29) is 17.2 Å². The van der Waals surface area contributed by atoms with Gasteiger partial charge in [-0.05, 0) is 24.4 Å². The van der Waals surface area contributed by atoms with Gasteiger partial charge in [-0.1, -0.05) is 6.42 Å². The Balaban J connectivity index is 1.83. The van der Waals surface area contributed by atoms with Crippen LogP contribution in [0.25, 0.3) is 0 Å². The van der Waals surface area contributed by atoms with Crippen LogP contribution in [0.1, 0.15) is 31.5 Å². The summed E-state index contributed by atoms with van der Waals surface area (Å²) in [4.78, 5) is 17.9. The molecule has 6 nitrogen and oxygen atoms in total. The number of aromatic amines is 1. The number of hydrogen-bond donors (Lipinski definition) is 2. The lowest BCUT2D eigenvalue weighted by Gasteiger charge is -2.22. The second kappa shape index (κ2) is 6.15. The van der Waals surface area contributed by atoms with Crippen molar-refractivity contribution in [1.82, 2.24) is 20.1 Å². The molecule has 0 aromatic carbocycles. The van der Waals surface area contributed by atoms with Gasteiger partial charge in [0.25, 0.3) is 0 Å². The molecule has 1 aromatic rings. The fourth-order valence-electron chi connectivity index (χ4n) is 2.17. The number of likely N-dealkylation sites (tertiary alicyclic amines) is 1. The Hall–Kier alpha value is -1.14. The van der Waals surface area contributed by atoms with Gasteiger partial charge in [0.1, 0.15) is 5.82 Å². The SMILES string of the molecule is N[C@@H]1CCCCN(C(=O)CCc2nc(Cl)n[nH]2)C1. The van der Waals surface area contributed by atoms with E-state index >= 15 is 0 Å². The summed E-state index contributed by atoms with van der Waals surface area (Å²) < 4.78 is 0. The highest BCUT2D eigenvalue weighted by Crippen LogP contribution is 2.11. The van der Waals surface area contributed by atoms with Crippen molar-refractivity contribution in [2.24, 2.45) is 5.73 Å². The summed E-state index contributed by atoms with van der Waals surface area (Å²) in [7, 11) is 0. The number of aromatic nitrogens is 3. The summed E-state index contributed by atoms with van der Waals surface area (Å²) in [6.07, 6.45) is 4.08. The van der Waals surface area contributed by atoms with E-state index in [1.54, 1.807) is 0 Å². The van der Waals surface area contributed by atoms with Crippen LogP contribution in [0.3, 0.4) is 0 Å². The van der Waals surface area contributed by atoms with Gasteiger partial charge < -0.3 is 10.6 Å². The molecule has 0 radical (unpaired) electrons. The minimum absolute atomic E-state index is 0.108. The lowest BCUT2D eigenvalue weighted by atomic mass is 10.1. The van der Waals surface area contributed by atoms with Crippen LogP contribution in [0.5, 0.6) is 0 Å². The van der Waals surface area contributed by atoms with Gasteiger partial charge in [-0.2, -0.15) is 0 Å². The number of nitrogens with zero attached hydrogens (tertiary/aromatic N) is 3. The molecule has 1 fully saturated rings. The molecule has 0 saturated carbocycles. The van der Waals surface area contributed by atoms with Crippen molar-refractivity contribution in [3.63, 3.8) is 0 Å². The zero-order valence-electron chi connectivity index (χ0n) is 10.2. The normalized spacial score (nSPS) is 20.8. The lowest BCUT2D eigenvalue weighted by molar-refractivity contribution is -0.131. The number of carbonyl (C=O) groups is 1. The number of nitrogens with one attached hydrogen (secondary N) is 1. The number of amides is 1. The molecule has 0 spiro atoms. The molecule has 100 valence electrons.